The van der Waals surface area contributed by atoms with Crippen LogP contribution >= 0.6 is 0 Å². The number of nitrogen functional groups attached to an aromatic ring is 1. The quantitative estimate of drug-likeness (QED) is 0.175. The normalized spacial score (nSPS) is 16.0. The number of hydrogen-bond donors (Lipinski definition) is 5. The van der Waals surface area contributed by atoms with Gasteiger partial charge in [0.1, 0.15) is 18.0 Å². The summed E-state index contributed by atoms with van der Waals surface area (Å²) in [5, 5.41) is 26.7. The van der Waals surface area contributed by atoms with Crippen LogP contribution in [0.1, 0.15) is 40.4 Å². The molecule has 0 bridgehead atoms. The molecule has 1 amide bonds. The number of fused-ring (bicyclic) bond motifs is 1. The number of aliphatic hydroxyl groups is 1. The van der Waals surface area contributed by atoms with E-state index in [2.05, 4.69) is 25.6 Å². The highest BCUT2D eigenvalue weighted by molar-refractivity contribution is 6.16. The molecule has 0 saturated heterocycles. The van der Waals surface area contributed by atoms with Crippen molar-refractivity contribution in [3.63, 3.8) is 0 Å². The monoisotopic (exact) mass is 535 g/mol. The molecule has 204 valence electrons. The van der Waals surface area contributed by atoms with E-state index in [1.807, 2.05) is 79.7 Å². The molecule has 0 aliphatic heterocycles. The largest absolute Gasteiger partial charge is 0.389 e. The summed E-state index contributed by atoms with van der Waals surface area (Å²) in [5.74, 6) is 0.508. The van der Waals surface area contributed by atoms with Crippen LogP contribution in [0.15, 0.2) is 90.2 Å². The van der Waals surface area contributed by atoms with Crippen LogP contribution in [0.25, 0.3) is 10.8 Å². The predicted molar refractivity (Wildman–Crippen MR) is 161 cm³/mol. The fourth-order valence-corrected chi connectivity index (χ4v) is 4.35. The number of anilines is 2. The molecular weight excluding hydrogens is 502 g/mol. The SMILES string of the molecule is CC=NC.N=C(c1ccc(CNC(=O)c2cccc3ccccc23)cc1)c1c(N)ncnc1NC1C=CC(O)C1. The van der Waals surface area contributed by atoms with Crippen molar-refractivity contribution in [3.05, 3.63) is 107 Å². The molecule has 1 aliphatic rings. The lowest BCUT2D eigenvalue weighted by Crippen LogP contribution is -2.23. The van der Waals surface area contributed by atoms with Gasteiger partial charge >= 0.3 is 0 Å². The molecule has 0 saturated carbocycles. The van der Waals surface area contributed by atoms with E-state index >= 15 is 0 Å². The van der Waals surface area contributed by atoms with Crippen LogP contribution in [0.2, 0.25) is 0 Å². The Morgan fingerprint density at radius 1 is 1.10 bits per heavy atom. The smallest absolute Gasteiger partial charge is 0.252 e. The molecule has 0 spiro atoms. The number of aliphatic hydroxyl groups excluding tert-OH is 1. The van der Waals surface area contributed by atoms with Crippen LogP contribution in [0, 0.1) is 5.41 Å². The van der Waals surface area contributed by atoms with Crippen molar-refractivity contribution < 1.29 is 9.90 Å². The molecule has 6 N–H and O–H groups in total. The summed E-state index contributed by atoms with van der Waals surface area (Å²) in [5.41, 5.74) is 8.89. The molecule has 9 nitrogen and oxygen atoms in total. The van der Waals surface area contributed by atoms with Crippen LogP contribution in [-0.2, 0) is 6.54 Å². The Morgan fingerprint density at radius 2 is 1.82 bits per heavy atom. The van der Waals surface area contributed by atoms with Gasteiger partial charge in [-0.15, -0.1) is 0 Å². The summed E-state index contributed by atoms with van der Waals surface area (Å²) in [7, 11) is 1.75. The molecule has 0 radical (unpaired) electrons. The number of carbonyl (C=O) groups is 1. The highest BCUT2D eigenvalue weighted by Crippen LogP contribution is 2.25. The van der Waals surface area contributed by atoms with E-state index < -0.39 is 6.10 Å². The number of amides is 1. The van der Waals surface area contributed by atoms with Gasteiger partial charge in [-0.2, -0.15) is 0 Å². The van der Waals surface area contributed by atoms with Gasteiger partial charge in [0.25, 0.3) is 5.91 Å². The molecule has 3 aromatic carbocycles. The first-order valence-electron chi connectivity index (χ1n) is 13.0. The Balaban J connectivity index is 0.000000867. The summed E-state index contributed by atoms with van der Waals surface area (Å²) < 4.78 is 0. The van der Waals surface area contributed by atoms with Crippen LogP contribution in [0.4, 0.5) is 11.6 Å². The highest BCUT2D eigenvalue weighted by atomic mass is 16.3. The molecule has 1 aliphatic carbocycles. The number of nitrogens with one attached hydrogen (secondary N) is 3. The minimum absolute atomic E-state index is 0.103. The summed E-state index contributed by atoms with van der Waals surface area (Å²) >= 11 is 0. The molecular formula is C31H33N7O2. The number of carbonyl (C=O) groups excluding carboxylic acids is 1. The lowest BCUT2D eigenvalue weighted by atomic mass is 10.0. The molecule has 0 fully saturated rings. The van der Waals surface area contributed by atoms with Crippen LogP contribution in [-0.4, -0.2) is 52.1 Å². The number of nitrogens with two attached hydrogens (primary N) is 1. The number of aliphatic imine (C=N–C) groups is 1. The van der Waals surface area contributed by atoms with Crippen LogP contribution in [0.3, 0.4) is 0 Å². The van der Waals surface area contributed by atoms with E-state index in [0.717, 1.165) is 16.3 Å². The fraction of sp³-hybridized carbons (Fsp3) is 0.194. The van der Waals surface area contributed by atoms with Crippen molar-refractivity contribution >= 4 is 40.2 Å². The van der Waals surface area contributed by atoms with Crippen molar-refractivity contribution in [2.24, 2.45) is 4.99 Å². The van der Waals surface area contributed by atoms with E-state index in [-0.39, 0.29) is 23.5 Å². The maximum absolute atomic E-state index is 12.8. The molecule has 5 rings (SSSR count). The number of rotatable bonds is 7. The van der Waals surface area contributed by atoms with E-state index in [9.17, 15) is 9.90 Å². The first-order chi connectivity index (χ1) is 19.4. The van der Waals surface area contributed by atoms with Crippen molar-refractivity contribution in [1.82, 2.24) is 15.3 Å². The van der Waals surface area contributed by atoms with Gasteiger partial charge in [-0.25, -0.2) is 9.97 Å². The molecule has 4 aromatic rings. The predicted octanol–water partition coefficient (Wildman–Crippen LogP) is 4.37. The Hall–Kier alpha value is -4.89. The third-order valence-electron chi connectivity index (χ3n) is 6.50. The van der Waals surface area contributed by atoms with Crippen LogP contribution < -0.4 is 16.4 Å². The standard InChI is InChI=1S/C28H26N6O2.C3H7N/c29-25(24-26(30)32-16-33-27(24)34-20-12-13-21(35)14-20)19-10-8-17(9-11-19)15-31-28(36)23-7-3-5-18-4-1-2-6-22(18)23;1-3-4-2/h1-13,16,20-21,29,35H,14-15H2,(H,31,36)(H3,30,32,33,34);3H,1-2H3. The zero-order valence-corrected chi connectivity index (χ0v) is 22.5. The van der Waals surface area contributed by atoms with Crippen LogP contribution in [0.5, 0.6) is 0 Å². The molecule has 1 heterocycles. The Morgan fingerprint density at radius 3 is 2.52 bits per heavy atom. The van der Waals surface area contributed by atoms with E-state index in [1.54, 1.807) is 19.3 Å². The summed E-state index contributed by atoms with van der Waals surface area (Å²) in [4.78, 5) is 24.8. The minimum Gasteiger partial charge on any atom is -0.389 e. The summed E-state index contributed by atoms with van der Waals surface area (Å²) in [6, 6.07) is 20.8. The number of aromatic nitrogens is 2. The summed E-state index contributed by atoms with van der Waals surface area (Å²) in [6.45, 7) is 2.25. The first-order valence-corrected chi connectivity index (χ1v) is 13.0. The van der Waals surface area contributed by atoms with E-state index in [1.165, 1.54) is 6.33 Å². The zero-order chi connectivity index (χ0) is 28.5. The second-order valence-corrected chi connectivity index (χ2v) is 9.22. The van der Waals surface area contributed by atoms with Crippen molar-refractivity contribution in [2.75, 3.05) is 18.1 Å². The van der Waals surface area contributed by atoms with Gasteiger partial charge < -0.3 is 26.5 Å². The van der Waals surface area contributed by atoms with Gasteiger partial charge in [0.05, 0.1) is 17.4 Å². The lowest BCUT2D eigenvalue weighted by molar-refractivity contribution is 0.0952. The average Bonchev–Trinajstić information content (AvgIpc) is 3.40. The van der Waals surface area contributed by atoms with Gasteiger partial charge in [0, 0.05) is 37.2 Å². The van der Waals surface area contributed by atoms with Gasteiger partial charge in [0.2, 0.25) is 0 Å². The van der Waals surface area contributed by atoms with Gasteiger partial charge in [-0.1, -0.05) is 72.8 Å². The number of benzene rings is 3. The zero-order valence-electron chi connectivity index (χ0n) is 22.5. The van der Waals surface area contributed by atoms with E-state index in [4.69, 9.17) is 11.1 Å². The number of hydrogen-bond acceptors (Lipinski definition) is 8. The minimum atomic E-state index is -0.502. The van der Waals surface area contributed by atoms with Crippen molar-refractivity contribution in [2.45, 2.75) is 32.0 Å². The highest BCUT2D eigenvalue weighted by Gasteiger charge is 2.21. The first kappa shape index (κ1) is 28.1. The number of nitrogens with zero attached hydrogens (tertiary/aromatic N) is 3. The molecule has 2 atom stereocenters. The average molecular weight is 536 g/mol. The van der Waals surface area contributed by atoms with Gasteiger partial charge in [-0.3, -0.25) is 10.2 Å². The van der Waals surface area contributed by atoms with Gasteiger partial charge in [-0.05, 0) is 35.5 Å². The maximum Gasteiger partial charge on any atom is 0.252 e. The Labute approximate surface area is 233 Å². The Kier molecular flexibility index (Phi) is 9.32. The second-order valence-electron chi connectivity index (χ2n) is 9.22. The third-order valence-corrected chi connectivity index (χ3v) is 6.50. The fourth-order valence-electron chi connectivity index (χ4n) is 4.35. The lowest BCUT2D eigenvalue weighted by Gasteiger charge is -2.17. The molecule has 2 unspecified atom stereocenters. The van der Waals surface area contributed by atoms with Crippen molar-refractivity contribution in [1.29, 1.82) is 5.41 Å². The maximum atomic E-state index is 12.8. The van der Waals surface area contributed by atoms with Crippen molar-refractivity contribution in [3.8, 4) is 0 Å². The second kappa shape index (κ2) is 13.3. The Bertz CT molecular complexity index is 1540. The third kappa shape index (κ3) is 6.75. The molecule has 9 heteroatoms. The molecule has 40 heavy (non-hydrogen) atoms. The van der Waals surface area contributed by atoms with Gasteiger partial charge in [0.15, 0.2) is 0 Å². The van der Waals surface area contributed by atoms with E-state index in [0.29, 0.717) is 35.5 Å². The summed E-state index contributed by atoms with van der Waals surface area (Å²) in [6.07, 6.45) is 6.72. The topological polar surface area (TPSA) is 149 Å². The molecule has 1 aromatic heterocycles.